The van der Waals surface area contributed by atoms with Crippen LogP contribution in [-0.2, 0) is 11.3 Å². The van der Waals surface area contributed by atoms with E-state index >= 15 is 0 Å². The molecule has 0 unspecified atom stereocenters. The Kier molecular flexibility index (Phi) is 5.31. The first kappa shape index (κ1) is 20.2. The summed E-state index contributed by atoms with van der Waals surface area (Å²) < 4.78 is 16.0. The van der Waals surface area contributed by atoms with Gasteiger partial charge in [0.05, 0.1) is 7.11 Å². The number of ether oxygens (including phenoxy) is 3. The maximum atomic E-state index is 13.1. The van der Waals surface area contributed by atoms with Crippen LogP contribution in [0.4, 0.5) is 0 Å². The van der Waals surface area contributed by atoms with Gasteiger partial charge in [-0.15, -0.1) is 0 Å². The number of amides is 2. The maximum absolute atomic E-state index is 13.1. The van der Waals surface area contributed by atoms with Crippen molar-refractivity contribution in [3.05, 3.63) is 65.7 Å². The fraction of sp³-hybridized carbons (Fsp3) is 0.280. The van der Waals surface area contributed by atoms with Crippen LogP contribution in [-0.4, -0.2) is 43.2 Å². The zero-order chi connectivity index (χ0) is 22.1. The lowest BCUT2D eigenvalue weighted by molar-refractivity contribution is -0.125. The number of fused-ring (bicyclic) bond motifs is 2. The lowest BCUT2D eigenvalue weighted by Gasteiger charge is -2.24. The quantitative estimate of drug-likeness (QED) is 0.668. The van der Waals surface area contributed by atoms with Gasteiger partial charge < -0.3 is 24.4 Å². The van der Waals surface area contributed by atoms with E-state index in [1.54, 1.807) is 30.2 Å². The maximum Gasteiger partial charge on any atom is 0.254 e. The summed E-state index contributed by atoms with van der Waals surface area (Å²) in [6, 6.07) is 16.6. The summed E-state index contributed by atoms with van der Waals surface area (Å²) in [5.74, 6) is 1.70. The molecule has 32 heavy (non-hydrogen) atoms. The van der Waals surface area contributed by atoms with E-state index in [1.807, 2.05) is 30.3 Å². The van der Waals surface area contributed by atoms with E-state index in [2.05, 4.69) is 11.4 Å². The van der Waals surface area contributed by atoms with Crippen molar-refractivity contribution in [2.24, 2.45) is 0 Å². The molecule has 1 fully saturated rings. The summed E-state index contributed by atoms with van der Waals surface area (Å²) in [7, 11) is 1.65. The van der Waals surface area contributed by atoms with Gasteiger partial charge in [-0.25, -0.2) is 0 Å². The van der Waals surface area contributed by atoms with Crippen LogP contribution < -0.4 is 19.5 Å². The molecule has 7 heteroatoms. The van der Waals surface area contributed by atoms with Crippen LogP contribution >= 0.6 is 0 Å². The first-order valence-corrected chi connectivity index (χ1v) is 10.7. The van der Waals surface area contributed by atoms with Gasteiger partial charge in [-0.3, -0.25) is 9.59 Å². The number of benzene rings is 3. The molecule has 3 aromatic carbocycles. The molecule has 2 aliphatic rings. The van der Waals surface area contributed by atoms with Crippen molar-refractivity contribution in [1.82, 2.24) is 10.2 Å². The van der Waals surface area contributed by atoms with Gasteiger partial charge in [0, 0.05) is 18.7 Å². The highest BCUT2D eigenvalue weighted by molar-refractivity contribution is 5.98. The van der Waals surface area contributed by atoms with E-state index in [9.17, 15) is 9.59 Å². The highest BCUT2D eigenvalue weighted by Gasteiger charge is 2.34. The zero-order valence-electron chi connectivity index (χ0n) is 17.8. The van der Waals surface area contributed by atoms with Crippen molar-refractivity contribution < 1.29 is 23.8 Å². The molecule has 0 aliphatic carbocycles. The Morgan fingerprint density at radius 1 is 1.03 bits per heavy atom. The number of rotatable bonds is 5. The molecule has 1 N–H and O–H groups in total. The minimum atomic E-state index is -0.474. The molecule has 0 saturated carbocycles. The van der Waals surface area contributed by atoms with Crippen molar-refractivity contribution in [2.75, 3.05) is 20.4 Å². The number of methoxy groups -OCH3 is 1. The number of hydrogen-bond donors (Lipinski definition) is 1. The first-order chi connectivity index (χ1) is 15.6. The van der Waals surface area contributed by atoms with E-state index in [-0.39, 0.29) is 18.6 Å². The number of nitrogens with one attached hydrogen (secondary N) is 1. The molecular weight excluding hydrogens is 408 g/mol. The Labute approximate surface area is 185 Å². The summed E-state index contributed by atoms with van der Waals surface area (Å²) >= 11 is 0. The predicted molar refractivity (Wildman–Crippen MR) is 119 cm³/mol. The summed E-state index contributed by atoms with van der Waals surface area (Å²) in [5.41, 5.74) is 1.50. The number of nitrogens with zero attached hydrogens (tertiary/aromatic N) is 1. The smallest absolute Gasteiger partial charge is 0.254 e. The second-order valence-electron chi connectivity index (χ2n) is 7.99. The lowest BCUT2D eigenvalue weighted by Crippen LogP contribution is -2.45. The fourth-order valence-electron chi connectivity index (χ4n) is 4.29. The molecule has 5 rings (SSSR count). The Morgan fingerprint density at radius 2 is 1.84 bits per heavy atom. The predicted octanol–water partition coefficient (Wildman–Crippen LogP) is 3.50. The summed E-state index contributed by atoms with van der Waals surface area (Å²) in [5, 5.41) is 5.16. The van der Waals surface area contributed by atoms with E-state index in [1.165, 1.54) is 0 Å². The monoisotopic (exact) mass is 432 g/mol. The fourth-order valence-corrected chi connectivity index (χ4v) is 4.29. The molecule has 3 aromatic rings. The highest BCUT2D eigenvalue weighted by atomic mass is 16.7. The Balaban J connectivity index is 1.25. The average molecular weight is 432 g/mol. The Bertz CT molecular complexity index is 1190. The molecule has 0 bridgehead atoms. The minimum Gasteiger partial charge on any atom is -0.497 e. The van der Waals surface area contributed by atoms with Crippen molar-refractivity contribution in [3.63, 3.8) is 0 Å². The van der Waals surface area contributed by atoms with Gasteiger partial charge in [0.25, 0.3) is 5.91 Å². The van der Waals surface area contributed by atoms with Crippen molar-refractivity contribution in [1.29, 1.82) is 0 Å². The second kappa shape index (κ2) is 8.42. The van der Waals surface area contributed by atoms with E-state index in [4.69, 9.17) is 14.2 Å². The lowest BCUT2D eigenvalue weighted by atomic mass is 10.1. The summed E-state index contributed by atoms with van der Waals surface area (Å²) in [6.45, 7) is 1.12. The summed E-state index contributed by atoms with van der Waals surface area (Å²) in [4.78, 5) is 27.7. The van der Waals surface area contributed by atoms with Crippen LogP contribution in [0.15, 0.2) is 54.6 Å². The molecule has 2 aliphatic heterocycles. The molecule has 7 nitrogen and oxygen atoms in total. The normalized spacial score (nSPS) is 16.9. The number of likely N-dealkylation sites (tertiary alicyclic amines) is 1. The topological polar surface area (TPSA) is 77.1 Å². The number of carbonyl (C=O) groups excluding carboxylic acids is 2. The minimum absolute atomic E-state index is 0.133. The molecule has 1 saturated heterocycles. The van der Waals surface area contributed by atoms with Crippen molar-refractivity contribution in [2.45, 2.75) is 25.4 Å². The van der Waals surface area contributed by atoms with E-state index in [0.717, 1.165) is 28.5 Å². The van der Waals surface area contributed by atoms with Gasteiger partial charge in [-0.1, -0.05) is 18.2 Å². The highest BCUT2D eigenvalue weighted by Crippen LogP contribution is 2.33. The van der Waals surface area contributed by atoms with Crippen LogP contribution in [0.5, 0.6) is 17.2 Å². The summed E-state index contributed by atoms with van der Waals surface area (Å²) in [6.07, 6.45) is 1.45. The second-order valence-corrected chi connectivity index (χ2v) is 7.99. The van der Waals surface area contributed by atoms with Crippen molar-refractivity contribution in [3.8, 4) is 17.2 Å². The Hall–Kier alpha value is -3.74. The number of hydrogen-bond acceptors (Lipinski definition) is 5. The van der Waals surface area contributed by atoms with Gasteiger partial charge in [-0.05, 0) is 65.6 Å². The zero-order valence-corrected chi connectivity index (χ0v) is 17.8. The molecule has 0 radical (unpaired) electrons. The van der Waals surface area contributed by atoms with Gasteiger partial charge in [-0.2, -0.15) is 0 Å². The van der Waals surface area contributed by atoms with Crippen LogP contribution in [0.1, 0.15) is 28.8 Å². The molecule has 0 spiro atoms. The molecule has 164 valence electrons. The van der Waals surface area contributed by atoms with Crippen LogP contribution in [0.2, 0.25) is 0 Å². The van der Waals surface area contributed by atoms with E-state index in [0.29, 0.717) is 36.6 Å². The average Bonchev–Trinajstić information content (AvgIpc) is 3.50. The largest absolute Gasteiger partial charge is 0.497 e. The molecule has 2 amide bonds. The van der Waals surface area contributed by atoms with Gasteiger partial charge in [0.1, 0.15) is 11.8 Å². The van der Waals surface area contributed by atoms with Gasteiger partial charge in [0.15, 0.2) is 11.5 Å². The van der Waals surface area contributed by atoms with E-state index < -0.39 is 6.04 Å². The SMILES string of the molecule is COc1ccc2cc(CNC(=O)[C@@H]3CCCN3C(=O)c3ccc4c(c3)OCO4)ccc2c1. The first-order valence-electron chi connectivity index (χ1n) is 10.7. The third kappa shape index (κ3) is 3.82. The van der Waals surface area contributed by atoms with Gasteiger partial charge in [0.2, 0.25) is 12.7 Å². The third-order valence-corrected chi connectivity index (χ3v) is 6.01. The third-order valence-electron chi connectivity index (χ3n) is 6.01. The van der Waals surface area contributed by atoms with Crippen LogP contribution in [0, 0.1) is 0 Å². The van der Waals surface area contributed by atoms with Crippen molar-refractivity contribution >= 4 is 22.6 Å². The number of carbonyl (C=O) groups is 2. The standard InChI is InChI=1S/C25H24N2O5/c1-30-20-8-6-17-11-16(4-5-18(17)12-20)14-26-24(28)21-3-2-10-27(21)25(29)19-7-9-22-23(13-19)32-15-31-22/h4-9,11-13,21H,2-3,10,14-15H2,1H3,(H,26,28)/t21-/m0/s1. The molecule has 0 aromatic heterocycles. The Morgan fingerprint density at radius 3 is 2.72 bits per heavy atom. The molecular formula is C25H24N2O5. The van der Waals surface area contributed by atoms with Crippen LogP contribution in [0.25, 0.3) is 10.8 Å². The van der Waals surface area contributed by atoms with Crippen LogP contribution in [0.3, 0.4) is 0 Å². The molecule has 1 atom stereocenters. The molecule has 2 heterocycles. The van der Waals surface area contributed by atoms with Gasteiger partial charge >= 0.3 is 0 Å².